The molecule has 10 heavy (non-hydrogen) atoms. The van der Waals surface area contributed by atoms with Crippen LogP contribution < -0.4 is 5.32 Å². The van der Waals surface area contributed by atoms with E-state index in [9.17, 15) is 4.79 Å². The van der Waals surface area contributed by atoms with Gasteiger partial charge in [-0.05, 0) is 19.6 Å². The van der Waals surface area contributed by atoms with Crippen molar-refractivity contribution in [2.75, 3.05) is 6.26 Å². The number of nitrogens with one attached hydrogen (secondary N) is 1. The molecule has 0 aromatic carbocycles. The third-order valence-corrected chi connectivity index (χ3v) is 1.47. The number of hydrogen-bond acceptors (Lipinski definition) is 2. The second-order valence-electron chi connectivity index (χ2n) is 1.91. The summed E-state index contributed by atoms with van der Waals surface area (Å²) >= 11 is 1.19. The number of carbonyl (C=O) groups excluding carboxylic acids is 1. The largest absolute Gasteiger partial charge is 0.321 e. The van der Waals surface area contributed by atoms with Crippen molar-refractivity contribution in [3.8, 4) is 0 Å². The van der Waals surface area contributed by atoms with Crippen LogP contribution in [0.2, 0.25) is 0 Å². The van der Waals surface area contributed by atoms with Crippen LogP contribution >= 0.6 is 11.8 Å². The van der Waals surface area contributed by atoms with E-state index in [0.717, 1.165) is 12.1 Å². The SMILES string of the molecule is CC/C=C(\C)NC(=O)SC. The fourth-order valence-corrected chi connectivity index (χ4v) is 0.832. The first-order valence-corrected chi connectivity index (χ1v) is 4.45. The Balaban J connectivity index is 3.67. The van der Waals surface area contributed by atoms with Crippen LogP contribution in [-0.2, 0) is 0 Å². The molecule has 0 aliphatic rings. The van der Waals surface area contributed by atoms with E-state index in [1.165, 1.54) is 11.8 Å². The second-order valence-corrected chi connectivity index (χ2v) is 2.69. The fraction of sp³-hybridized carbons (Fsp3) is 0.571. The summed E-state index contributed by atoms with van der Waals surface area (Å²) in [4.78, 5) is 10.7. The van der Waals surface area contributed by atoms with E-state index in [0.29, 0.717) is 0 Å². The molecule has 0 heterocycles. The summed E-state index contributed by atoms with van der Waals surface area (Å²) in [6.45, 7) is 3.92. The van der Waals surface area contributed by atoms with E-state index >= 15 is 0 Å². The van der Waals surface area contributed by atoms with Crippen LogP contribution in [0.3, 0.4) is 0 Å². The number of allylic oxidation sites excluding steroid dienone is 2. The quantitative estimate of drug-likeness (QED) is 0.670. The van der Waals surface area contributed by atoms with Gasteiger partial charge in [0.25, 0.3) is 5.24 Å². The summed E-state index contributed by atoms with van der Waals surface area (Å²) in [7, 11) is 0. The standard InChI is InChI=1S/C7H13NOS/c1-4-5-6(2)8-7(9)10-3/h5H,4H2,1-3H3,(H,8,9)/b6-5+. The summed E-state index contributed by atoms with van der Waals surface area (Å²) in [5.74, 6) is 0. The molecule has 58 valence electrons. The molecule has 3 heteroatoms. The van der Waals surface area contributed by atoms with Gasteiger partial charge in [-0.2, -0.15) is 0 Å². The number of amides is 1. The van der Waals surface area contributed by atoms with Gasteiger partial charge in [0.2, 0.25) is 0 Å². The lowest BCUT2D eigenvalue weighted by atomic mass is 10.4. The molecule has 0 unspecified atom stereocenters. The lowest BCUT2D eigenvalue weighted by molar-refractivity contribution is 0.263. The zero-order chi connectivity index (χ0) is 7.98. The van der Waals surface area contributed by atoms with Crippen molar-refractivity contribution in [2.24, 2.45) is 0 Å². The smallest absolute Gasteiger partial charge is 0.282 e. The second kappa shape index (κ2) is 5.35. The Kier molecular flexibility index (Phi) is 5.12. The highest BCUT2D eigenvalue weighted by atomic mass is 32.2. The molecule has 2 nitrogen and oxygen atoms in total. The maximum atomic E-state index is 10.7. The van der Waals surface area contributed by atoms with Crippen LogP contribution in [-0.4, -0.2) is 11.5 Å². The van der Waals surface area contributed by atoms with Gasteiger partial charge in [-0.25, -0.2) is 0 Å². The van der Waals surface area contributed by atoms with Gasteiger partial charge in [-0.1, -0.05) is 24.8 Å². The zero-order valence-corrected chi connectivity index (χ0v) is 7.42. The summed E-state index contributed by atoms with van der Waals surface area (Å²) < 4.78 is 0. The monoisotopic (exact) mass is 159 g/mol. The molecule has 0 saturated heterocycles. The molecular formula is C7H13NOS. The number of thioether (sulfide) groups is 1. The van der Waals surface area contributed by atoms with Crippen molar-refractivity contribution in [1.29, 1.82) is 0 Å². The van der Waals surface area contributed by atoms with Crippen molar-refractivity contribution >= 4 is 17.0 Å². The molecule has 0 radical (unpaired) electrons. The highest BCUT2D eigenvalue weighted by Crippen LogP contribution is 1.97. The lowest BCUT2D eigenvalue weighted by Crippen LogP contribution is -2.15. The molecule has 1 amide bonds. The summed E-state index contributed by atoms with van der Waals surface area (Å²) in [6, 6.07) is 0. The van der Waals surface area contributed by atoms with Crippen LogP contribution in [0.5, 0.6) is 0 Å². The molecule has 0 aromatic rings. The van der Waals surface area contributed by atoms with Gasteiger partial charge in [0.05, 0.1) is 0 Å². The average molecular weight is 159 g/mol. The minimum Gasteiger partial charge on any atom is -0.321 e. The zero-order valence-electron chi connectivity index (χ0n) is 6.60. The van der Waals surface area contributed by atoms with Crippen LogP contribution in [0.25, 0.3) is 0 Å². The van der Waals surface area contributed by atoms with E-state index in [-0.39, 0.29) is 5.24 Å². The van der Waals surface area contributed by atoms with Crippen LogP contribution in [0.15, 0.2) is 11.8 Å². The minimum absolute atomic E-state index is 0.00204. The molecule has 0 aliphatic carbocycles. The number of rotatable bonds is 2. The average Bonchev–Trinajstić information content (AvgIpc) is 1.88. The lowest BCUT2D eigenvalue weighted by Gasteiger charge is -2.00. The first-order valence-electron chi connectivity index (χ1n) is 3.22. The van der Waals surface area contributed by atoms with E-state index in [4.69, 9.17) is 0 Å². The van der Waals surface area contributed by atoms with Gasteiger partial charge >= 0.3 is 0 Å². The molecule has 1 N–H and O–H groups in total. The topological polar surface area (TPSA) is 29.1 Å². The van der Waals surface area contributed by atoms with Crippen molar-refractivity contribution in [3.05, 3.63) is 11.8 Å². The Morgan fingerprint density at radius 1 is 1.70 bits per heavy atom. The first-order chi connectivity index (χ1) is 4.70. The van der Waals surface area contributed by atoms with Crippen molar-refractivity contribution in [1.82, 2.24) is 5.32 Å². The van der Waals surface area contributed by atoms with Crippen molar-refractivity contribution in [3.63, 3.8) is 0 Å². The van der Waals surface area contributed by atoms with Gasteiger partial charge in [-0.3, -0.25) is 4.79 Å². The van der Waals surface area contributed by atoms with Gasteiger partial charge in [0.15, 0.2) is 0 Å². The molecular weight excluding hydrogens is 146 g/mol. The summed E-state index contributed by atoms with van der Waals surface area (Å²) in [5.41, 5.74) is 0.932. The summed E-state index contributed by atoms with van der Waals surface area (Å²) in [5, 5.41) is 2.72. The highest BCUT2D eigenvalue weighted by Gasteiger charge is 1.95. The summed E-state index contributed by atoms with van der Waals surface area (Å²) in [6.07, 6.45) is 4.70. The Bertz CT molecular complexity index is 143. The number of carbonyl (C=O) groups is 1. The first kappa shape index (κ1) is 9.56. The molecule has 0 atom stereocenters. The van der Waals surface area contributed by atoms with E-state index in [1.54, 1.807) is 6.26 Å². The fourth-order valence-electron chi connectivity index (χ4n) is 0.569. The van der Waals surface area contributed by atoms with Crippen LogP contribution in [0.1, 0.15) is 20.3 Å². The Labute approximate surface area is 66.1 Å². The Morgan fingerprint density at radius 3 is 2.70 bits per heavy atom. The normalized spacial score (nSPS) is 11.3. The van der Waals surface area contributed by atoms with Gasteiger partial charge in [-0.15, -0.1) is 0 Å². The third-order valence-electron chi connectivity index (χ3n) is 0.995. The van der Waals surface area contributed by atoms with Gasteiger partial charge < -0.3 is 5.32 Å². The minimum atomic E-state index is 0.00204. The van der Waals surface area contributed by atoms with Gasteiger partial charge in [0, 0.05) is 5.70 Å². The molecule has 0 aliphatic heterocycles. The Hall–Kier alpha value is -0.440. The van der Waals surface area contributed by atoms with Crippen molar-refractivity contribution in [2.45, 2.75) is 20.3 Å². The van der Waals surface area contributed by atoms with Gasteiger partial charge in [0.1, 0.15) is 0 Å². The van der Waals surface area contributed by atoms with Crippen LogP contribution in [0.4, 0.5) is 4.79 Å². The molecule has 0 spiro atoms. The molecule has 0 rings (SSSR count). The molecule has 0 fully saturated rings. The predicted molar refractivity (Wildman–Crippen MR) is 46.1 cm³/mol. The predicted octanol–water partition coefficient (Wildman–Crippen LogP) is 2.37. The van der Waals surface area contributed by atoms with E-state index < -0.39 is 0 Å². The number of hydrogen-bond donors (Lipinski definition) is 1. The maximum absolute atomic E-state index is 10.7. The van der Waals surface area contributed by atoms with Crippen LogP contribution in [0, 0.1) is 0 Å². The van der Waals surface area contributed by atoms with Crippen molar-refractivity contribution < 1.29 is 4.79 Å². The van der Waals surface area contributed by atoms with E-state index in [1.807, 2.05) is 19.9 Å². The molecule has 0 aromatic heterocycles. The molecule has 0 saturated carbocycles. The Morgan fingerprint density at radius 2 is 2.30 bits per heavy atom. The third kappa shape index (κ3) is 4.44. The maximum Gasteiger partial charge on any atom is 0.282 e. The highest BCUT2D eigenvalue weighted by molar-refractivity contribution is 8.12. The molecule has 0 bridgehead atoms. The van der Waals surface area contributed by atoms with E-state index in [2.05, 4.69) is 5.32 Å².